The summed E-state index contributed by atoms with van der Waals surface area (Å²) in [5, 5.41) is 0.775. The van der Waals surface area contributed by atoms with Crippen molar-refractivity contribution in [2.24, 2.45) is 0 Å². The van der Waals surface area contributed by atoms with Gasteiger partial charge in [0.2, 0.25) is 0 Å². The van der Waals surface area contributed by atoms with Crippen LogP contribution in [0.1, 0.15) is 16.0 Å². The van der Waals surface area contributed by atoms with E-state index in [4.69, 9.17) is 11.6 Å². The predicted octanol–water partition coefficient (Wildman–Crippen LogP) is 6.54. The second-order valence-corrected chi connectivity index (χ2v) is 7.19. The Morgan fingerprint density at radius 1 is 1.00 bits per heavy atom. The average Bonchev–Trinajstić information content (AvgIpc) is 2.35. The number of rotatable bonds is 3. The highest BCUT2D eigenvalue weighted by molar-refractivity contribution is 9.11. The lowest BCUT2D eigenvalue weighted by molar-refractivity contribution is 0.948. The first-order chi connectivity index (χ1) is 8.58. The Morgan fingerprint density at radius 2 is 1.67 bits per heavy atom. The monoisotopic (exact) mass is 450 g/mol. The van der Waals surface area contributed by atoms with Gasteiger partial charge in [-0.1, -0.05) is 67.7 Å². The van der Waals surface area contributed by atoms with Gasteiger partial charge in [-0.2, -0.15) is 0 Å². The first-order valence-electron chi connectivity index (χ1n) is 5.40. The van der Waals surface area contributed by atoms with E-state index >= 15 is 0 Å². The highest BCUT2D eigenvalue weighted by Crippen LogP contribution is 2.36. The van der Waals surface area contributed by atoms with Gasteiger partial charge in [0.05, 0.1) is 5.02 Å². The van der Waals surface area contributed by atoms with E-state index in [-0.39, 0.29) is 4.83 Å². The molecular weight excluding hydrogens is 443 g/mol. The van der Waals surface area contributed by atoms with Crippen LogP contribution in [0.25, 0.3) is 0 Å². The van der Waals surface area contributed by atoms with E-state index < -0.39 is 0 Å². The maximum atomic E-state index is 6.30. The van der Waals surface area contributed by atoms with Gasteiger partial charge >= 0.3 is 0 Å². The Labute approximate surface area is 137 Å². The van der Waals surface area contributed by atoms with Crippen molar-refractivity contribution in [3.8, 4) is 0 Å². The van der Waals surface area contributed by atoms with E-state index in [9.17, 15) is 0 Å². The minimum Gasteiger partial charge on any atom is -0.0835 e. The van der Waals surface area contributed by atoms with Crippen LogP contribution in [0.3, 0.4) is 0 Å². The molecule has 0 aliphatic rings. The Bertz CT molecular complexity index is 537. The lowest BCUT2D eigenvalue weighted by atomic mass is 10.0. The zero-order valence-corrected chi connectivity index (χ0v) is 14.9. The van der Waals surface area contributed by atoms with E-state index in [1.165, 1.54) is 5.56 Å². The molecule has 0 aromatic heterocycles. The fourth-order valence-electron chi connectivity index (χ4n) is 1.70. The van der Waals surface area contributed by atoms with Gasteiger partial charge in [0, 0.05) is 13.8 Å². The number of alkyl halides is 1. The van der Waals surface area contributed by atoms with Crippen molar-refractivity contribution in [3.63, 3.8) is 0 Å². The van der Waals surface area contributed by atoms with Crippen LogP contribution in [0.4, 0.5) is 0 Å². The standard InChI is InChI=1S/C14H10Br3Cl/c15-10-6-4-9(5-7-10)8-13(17)11-2-1-3-12(16)14(11)18/h1-7,13H,8H2. The molecule has 0 saturated heterocycles. The number of benzene rings is 2. The molecule has 1 unspecified atom stereocenters. The smallest absolute Gasteiger partial charge is 0.0591 e. The SMILES string of the molecule is Clc1c(Br)cccc1C(Br)Cc1ccc(Br)cc1. The molecular formula is C14H10Br3Cl. The van der Waals surface area contributed by atoms with Crippen molar-refractivity contribution < 1.29 is 0 Å². The van der Waals surface area contributed by atoms with Gasteiger partial charge in [0.25, 0.3) is 0 Å². The van der Waals surface area contributed by atoms with E-state index in [2.05, 4.69) is 72.1 Å². The van der Waals surface area contributed by atoms with Crippen LogP contribution in [0, 0.1) is 0 Å². The topological polar surface area (TPSA) is 0 Å². The fourth-order valence-corrected chi connectivity index (χ4v) is 3.49. The van der Waals surface area contributed by atoms with Gasteiger partial charge in [-0.3, -0.25) is 0 Å². The fraction of sp³-hybridized carbons (Fsp3) is 0.143. The molecule has 0 bridgehead atoms. The van der Waals surface area contributed by atoms with E-state index in [1.807, 2.05) is 18.2 Å². The third-order valence-corrected chi connectivity index (χ3v) is 5.30. The molecule has 0 fully saturated rings. The first-order valence-corrected chi connectivity index (χ1v) is 8.28. The molecule has 2 aromatic carbocycles. The zero-order valence-electron chi connectivity index (χ0n) is 9.34. The molecule has 2 rings (SSSR count). The first kappa shape index (κ1) is 14.6. The van der Waals surface area contributed by atoms with Crippen molar-refractivity contribution in [2.75, 3.05) is 0 Å². The summed E-state index contributed by atoms with van der Waals surface area (Å²) in [4.78, 5) is 0.212. The largest absolute Gasteiger partial charge is 0.0835 e. The molecule has 0 aliphatic carbocycles. The summed E-state index contributed by atoms with van der Waals surface area (Å²) in [6.45, 7) is 0. The summed E-state index contributed by atoms with van der Waals surface area (Å²) in [6, 6.07) is 14.3. The van der Waals surface area contributed by atoms with Gasteiger partial charge in [0.1, 0.15) is 0 Å². The maximum Gasteiger partial charge on any atom is 0.0591 e. The van der Waals surface area contributed by atoms with Crippen molar-refractivity contribution >= 4 is 59.4 Å². The molecule has 4 heteroatoms. The van der Waals surface area contributed by atoms with Crippen LogP contribution in [-0.4, -0.2) is 0 Å². The molecule has 0 N–H and O–H groups in total. The summed E-state index contributed by atoms with van der Waals surface area (Å²) < 4.78 is 2.03. The van der Waals surface area contributed by atoms with E-state index in [0.29, 0.717) is 0 Å². The quantitative estimate of drug-likeness (QED) is 0.463. The molecule has 18 heavy (non-hydrogen) atoms. The Hall–Kier alpha value is 0.170. The minimum atomic E-state index is 0.212. The molecule has 1 atom stereocenters. The molecule has 0 radical (unpaired) electrons. The van der Waals surface area contributed by atoms with Crippen molar-refractivity contribution in [1.82, 2.24) is 0 Å². The molecule has 2 aromatic rings. The molecule has 0 nitrogen and oxygen atoms in total. The zero-order chi connectivity index (χ0) is 13.1. The lowest BCUT2D eigenvalue weighted by Crippen LogP contribution is -1.96. The average molecular weight is 453 g/mol. The van der Waals surface area contributed by atoms with Gasteiger partial charge in [-0.25, -0.2) is 0 Å². The van der Waals surface area contributed by atoms with Crippen LogP contribution in [0.2, 0.25) is 5.02 Å². The number of hydrogen-bond acceptors (Lipinski definition) is 0. The number of hydrogen-bond donors (Lipinski definition) is 0. The third kappa shape index (κ3) is 3.60. The van der Waals surface area contributed by atoms with Crippen molar-refractivity contribution in [3.05, 3.63) is 67.6 Å². The molecule has 94 valence electrons. The number of halogens is 4. The molecule has 0 spiro atoms. The van der Waals surface area contributed by atoms with Gasteiger partial charge < -0.3 is 0 Å². The van der Waals surface area contributed by atoms with E-state index in [0.717, 1.165) is 26.0 Å². The van der Waals surface area contributed by atoms with Crippen molar-refractivity contribution in [2.45, 2.75) is 11.2 Å². The second-order valence-electron chi connectivity index (χ2n) is 3.94. The van der Waals surface area contributed by atoms with Crippen LogP contribution < -0.4 is 0 Å². The summed E-state index contributed by atoms with van der Waals surface area (Å²) in [5.74, 6) is 0. The maximum absolute atomic E-state index is 6.30. The Morgan fingerprint density at radius 3 is 2.33 bits per heavy atom. The van der Waals surface area contributed by atoms with Gasteiger partial charge in [0.15, 0.2) is 0 Å². The Balaban J connectivity index is 2.19. The second kappa shape index (κ2) is 6.56. The van der Waals surface area contributed by atoms with Crippen LogP contribution in [0.5, 0.6) is 0 Å². The normalized spacial score (nSPS) is 12.4. The van der Waals surface area contributed by atoms with Crippen LogP contribution in [0.15, 0.2) is 51.4 Å². The van der Waals surface area contributed by atoms with Crippen LogP contribution >= 0.6 is 59.4 Å². The molecule has 0 amide bonds. The van der Waals surface area contributed by atoms with Gasteiger partial charge in [-0.05, 0) is 51.7 Å². The highest BCUT2D eigenvalue weighted by Gasteiger charge is 2.13. The lowest BCUT2D eigenvalue weighted by Gasteiger charge is -2.13. The third-order valence-electron chi connectivity index (χ3n) is 2.65. The summed E-state index contributed by atoms with van der Waals surface area (Å²) >= 11 is 16.9. The van der Waals surface area contributed by atoms with Crippen molar-refractivity contribution in [1.29, 1.82) is 0 Å². The minimum absolute atomic E-state index is 0.212. The molecule has 0 aliphatic heterocycles. The predicted molar refractivity (Wildman–Crippen MR) is 88.7 cm³/mol. The van der Waals surface area contributed by atoms with E-state index in [1.54, 1.807) is 0 Å². The van der Waals surface area contributed by atoms with Crippen LogP contribution in [-0.2, 0) is 6.42 Å². The summed E-state index contributed by atoms with van der Waals surface area (Å²) in [7, 11) is 0. The highest BCUT2D eigenvalue weighted by atomic mass is 79.9. The molecule has 0 heterocycles. The summed E-state index contributed by atoms with van der Waals surface area (Å²) in [6.07, 6.45) is 0.906. The Kier molecular flexibility index (Phi) is 5.31. The molecule has 0 saturated carbocycles. The summed E-state index contributed by atoms with van der Waals surface area (Å²) in [5.41, 5.74) is 2.38. The van der Waals surface area contributed by atoms with Gasteiger partial charge in [-0.15, -0.1) is 0 Å².